The number of hydrogen-bond donors (Lipinski definition) is 0. The van der Waals surface area contributed by atoms with Crippen LogP contribution in [-0.2, 0) is 6.54 Å². The Morgan fingerprint density at radius 2 is 2.00 bits per heavy atom. The number of aromatic nitrogens is 2. The Balaban J connectivity index is 1.74. The molecule has 0 radical (unpaired) electrons. The van der Waals surface area contributed by atoms with Crippen molar-refractivity contribution in [3.05, 3.63) is 36.7 Å². The Labute approximate surface area is 125 Å². The van der Waals surface area contributed by atoms with Crippen LogP contribution in [0.1, 0.15) is 6.92 Å². The Morgan fingerprint density at radius 3 is 2.76 bits per heavy atom. The molecule has 112 valence electrons. The summed E-state index contributed by atoms with van der Waals surface area (Å²) in [6.45, 7) is 7.26. The van der Waals surface area contributed by atoms with Crippen molar-refractivity contribution in [2.24, 2.45) is 0 Å². The van der Waals surface area contributed by atoms with Gasteiger partial charge in [0.2, 0.25) is 0 Å². The van der Waals surface area contributed by atoms with Crippen LogP contribution in [-0.4, -0.2) is 47.7 Å². The monoisotopic (exact) mass is 286 g/mol. The summed E-state index contributed by atoms with van der Waals surface area (Å²) in [5.74, 6) is 0.840. The van der Waals surface area contributed by atoms with Gasteiger partial charge in [0.15, 0.2) is 0 Å². The van der Waals surface area contributed by atoms with Crippen molar-refractivity contribution in [2.45, 2.75) is 13.5 Å². The van der Waals surface area contributed by atoms with Gasteiger partial charge in [0.05, 0.1) is 0 Å². The summed E-state index contributed by atoms with van der Waals surface area (Å²) >= 11 is 0. The van der Waals surface area contributed by atoms with Crippen LogP contribution in [0.5, 0.6) is 11.8 Å². The number of benzene rings is 1. The first kappa shape index (κ1) is 13.9. The van der Waals surface area contributed by atoms with Crippen LogP contribution in [0.3, 0.4) is 0 Å². The lowest BCUT2D eigenvalue weighted by Crippen LogP contribution is -2.44. The average Bonchev–Trinajstić information content (AvgIpc) is 2.95. The molecule has 21 heavy (non-hydrogen) atoms. The summed E-state index contributed by atoms with van der Waals surface area (Å²) in [6, 6.07) is 8.91. The van der Waals surface area contributed by atoms with Crippen LogP contribution in [0.4, 0.5) is 5.69 Å². The Morgan fingerprint density at radius 1 is 1.19 bits per heavy atom. The first-order valence-electron chi connectivity index (χ1n) is 7.49. The highest BCUT2D eigenvalue weighted by Gasteiger charge is 2.15. The molecule has 5 heteroatoms. The number of piperazine rings is 1. The first-order chi connectivity index (χ1) is 10.3. The molecule has 0 saturated carbocycles. The molecule has 5 nitrogen and oxygen atoms in total. The van der Waals surface area contributed by atoms with Crippen molar-refractivity contribution in [1.29, 1.82) is 0 Å². The van der Waals surface area contributed by atoms with Crippen LogP contribution in [0.25, 0.3) is 0 Å². The highest BCUT2D eigenvalue weighted by atomic mass is 16.5. The van der Waals surface area contributed by atoms with Crippen molar-refractivity contribution in [3.63, 3.8) is 0 Å². The van der Waals surface area contributed by atoms with E-state index in [-0.39, 0.29) is 0 Å². The van der Waals surface area contributed by atoms with Gasteiger partial charge in [0.25, 0.3) is 0 Å². The van der Waals surface area contributed by atoms with Gasteiger partial charge in [-0.15, -0.1) is 0 Å². The topological polar surface area (TPSA) is 33.5 Å². The zero-order valence-electron chi connectivity index (χ0n) is 12.7. The second-order valence-corrected chi connectivity index (χ2v) is 5.39. The first-order valence-corrected chi connectivity index (χ1v) is 7.49. The minimum absolute atomic E-state index is 0.646. The highest BCUT2D eigenvalue weighted by molar-refractivity contribution is 5.51. The van der Waals surface area contributed by atoms with Crippen LogP contribution in [0, 0.1) is 0 Å². The van der Waals surface area contributed by atoms with E-state index in [2.05, 4.69) is 40.9 Å². The number of likely N-dealkylation sites (N-methyl/N-ethyl adjacent to an activating group) is 1. The molecule has 3 rings (SSSR count). The SMILES string of the molecule is CCn1ccnc1Oc1cccc(N2CCN(C)CC2)c1. The minimum Gasteiger partial charge on any atom is -0.425 e. The highest BCUT2D eigenvalue weighted by Crippen LogP contribution is 2.25. The Kier molecular flexibility index (Phi) is 4.10. The van der Waals surface area contributed by atoms with E-state index in [9.17, 15) is 0 Å². The average molecular weight is 286 g/mol. The van der Waals surface area contributed by atoms with Gasteiger partial charge in [-0.2, -0.15) is 0 Å². The van der Waals surface area contributed by atoms with Crippen LogP contribution in [0.15, 0.2) is 36.7 Å². The summed E-state index contributed by atoms with van der Waals surface area (Å²) < 4.78 is 7.90. The van der Waals surface area contributed by atoms with E-state index in [1.807, 2.05) is 22.9 Å². The van der Waals surface area contributed by atoms with E-state index in [4.69, 9.17) is 4.74 Å². The van der Waals surface area contributed by atoms with Crippen LogP contribution in [0.2, 0.25) is 0 Å². The molecule has 0 N–H and O–H groups in total. The molecule has 0 bridgehead atoms. The number of nitrogens with zero attached hydrogens (tertiary/aromatic N) is 4. The van der Waals surface area contributed by atoms with Crippen LogP contribution < -0.4 is 9.64 Å². The van der Waals surface area contributed by atoms with Gasteiger partial charge >= 0.3 is 6.01 Å². The Bertz CT molecular complexity index is 587. The standard InChI is InChI=1S/C16H22N4O/c1-3-19-8-7-17-16(19)21-15-6-4-5-14(13-15)20-11-9-18(2)10-12-20/h4-8,13H,3,9-12H2,1-2H3. The molecule has 1 saturated heterocycles. The zero-order valence-corrected chi connectivity index (χ0v) is 12.7. The van der Waals surface area contributed by atoms with Gasteiger partial charge in [-0.3, -0.25) is 0 Å². The van der Waals surface area contributed by atoms with Gasteiger partial charge in [0.1, 0.15) is 5.75 Å². The molecule has 1 aromatic heterocycles. The largest absolute Gasteiger partial charge is 0.425 e. The molecule has 0 amide bonds. The third kappa shape index (κ3) is 3.19. The third-order valence-electron chi connectivity index (χ3n) is 3.91. The van der Waals surface area contributed by atoms with Gasteiger partial charge in [-0.25, -0.2) is 4.98 Å². The number of imidazole rings is 1. The maximum atomic E-state index is 5.91. The maximum absolute atomic E-state index is 5.91. The fraction of sp³-hybridized carbons (Fsp3) is 0.438. The normalized spacial score (nSPS) is 16.2. The third-order valence-corrected chi connectivity index (χ3v) is 3.91. The molecule has 1 aliphatic rings. The molecule has 2 aromatic rings. The number of aryl methyl sites for hydroxylation is 1. The maximum Gasteiger partial charge on any atom is 0.301 e. The number of ether oxygens (including phenoxy) is 1. The second kappa shape index (κ2) is 6.18. The summed E-state index contributed by atoms with van der Waals surface area (Å²) in [5.41, 5.74) is 1.22. The van der Waals surface area contributed by atoms with Crippen molar-refractivity contribution in [2.75, 3.05) is 38.1 Å². The number of rotatable bonds is 4. The quantitative estimate of drug-likeness (QED) is 0.864. The molecular weight excluding hydrogens is 264 g/mol. The van der Waals surface area contributed by atoms with Crippen molar-refractivity contribution in [1.82, 2.24) is 14.5 Å². The molecule has 1 fully saturated rings. The second-order valence-electron chi connectivity index (χ2n) is 5.39. The molecule has 0 unspecified atom stereocenters. The van der Waals surface area contributed by atoms with Gasteiger partial charge in [-0.05, 0) is 26.1 Å². The van der Waals surface area contributed by atoms with E-state index < -0.39 is 0 Å². The van der Waals surface area contributed by atoms with E-state index in [0.717, 1.165) is 38.5 Å². The number of anilines is 1. The summed E-state index contributed by atoms with van der Waals surface area (Å²) in [7, 11) is 2.17. The molecular formula is C16H22N4O. The van der Waals surface area contributed by atoms with Crippen molar-refractivity contribution in [3.8, 4) is 11.8 Å². The predicted molar refractivity (Wildman–Crippen MR) is 84.1 cm³/mol. The van der Waals surface area contributed by atoms with E-state index in [1.54, 1.807) is 6.20 Å². The fourth-order valence-corrected chi connectivity index (χ4v) is 2.55. The summed E-state index contributed by atoms with van der Waals surface area (Å²) in [4.78, 5) is 9.01. The molecule has 0 aliphatic carbocycles. The molecule has 2 heterocycles. The van der Waals surface area contributed by atoms with E-state index in [0.29, 0.717) is 6.01 Å². The zero-order chi connectivity index (χ0) is 14.7. The summed E-state index contributed by atoms with van der Waals surface area (Å²) in [6.07, 6.45) is 3.70. The lowest BCUT2D eigenvalue weighted by atomic mass is 10.2. The molecule has 0 spiro atoms. The van der Waals surface area contributed by atoms with Gasteiger partial charge < -0.3 is 19.1 Å². The van der Waals surface area contributed by atoms with Gasteiger partial charge in [-0.1, -0.05) is 6.07 Å². The van der Waals surface area contributed by atoms with Crippen LogP contribution >= 0.6 is 0 Å². The lowest BCUT2D eigenvalue weighted by molar-refractivity contribution is 0.312. The predicted octanol–water partition coefficient (Wildman–Crippen LogP) is 2.45. The fourth-order valence-electron chi connectivity index (χ4n) is 2.55. The van der Waals surface area contributed by atoms with Crippen molar-refractivity contribution >= 4 is 5.69 Å². The van der Waals surface area contributed by atoms with Gasteiger partial charge in [0, 0.05) is 56.9 Å². The smallest absolute Gasteiger partial charge is 0.301 e. The Hall–Kier alpha value is -2.01. The van der Waals surface area contributed by atoms with E-state index in [1.165, 1.54) is 5.69 Å². The number of hydrogen-bond acceptors (Lipinski definition) is 4. The minimum atomic E-state index is 0.646. The lowest BCUT2D eigenvalue weighted by Gasteiger charge is -2.34. The van der Waals surface area contributed by atoms with Crippen molar-refractivity contribution < 1.29 is 4.74 Å². The molecule has 1 aromatic carbocycles. The molecule has 1 aliphatic heterocycles. The molecule has 0 atom stereocenters. The van der Waals surface area contributed by atoms with E-state index >= 15 is 0 Å². The summed E-state index contributed by atoms with van der Waals surface area (Å²) in [5, 5.41) is 0.